The van der Waals surface area contributed by atoms with Gasteiger partial charge < -0.3 is 10.2 Å². The van der Waals surface area contributed by atoms with Crippen LogP contribution in [-0.2, 0) is 19.2 Å². The van der Waals surface area contributed by atoms with Gasteiger partial charge in [-0.2, -0.15) is 0 Å². The van der Waals surface area contributed by atoms with E-state index >= 15 is 0 Å². The van der Waals surface area contributed by atoms with Crippen molar-refractivity contribution >= 4 is 84.6 Å². The number of hydrogen-bond acceptors (Lipinski definition) is 8. The van der Waals surface area contributed by atoms with Crippen molar-refractivity contribution in [1.29, 1.82) is 0 Å². The Kier molecular flexibility index (Phi) is 4.64. The SMILES string of the molecule is O=C1NC(=O)C(O)(C2(O)C(=O)NC(=O)NC2=O)C(=O)N1.[Ba+2]. The van der Waals surface area contributed by atoms with E-state index in [0.29, 0.717) is 0 Å². The third-order valence-electron chi connectivity index (χ3n) is 2.75. The first-order valence-corrected chi connectivity index (χ1v) is 4.92. The molecule has 0 aromatic carbocycles. The molecule has 0 spiro atoms. The molecule has 13 heteroatoms. The van der Waals surface area contributed by atoms with Crippen LogP contribution < -0.4 is 21.3 Å². The maximum atomic E-state index is 11.6. The number of carbonyl (C=O) groups excluding carboxylic acids is 6. The number of urea groups is 2. The second-order valence-corrected chi connectivity index (χ2v) is 3.90. The molecule has 2 fully saturated rings. The van der Waals surface area contributed by atoms with Crippen molar-refractivity contribution in [2.75, 3.05) is 0 Å². The molecule has 0 aromatic rings. The second kappa shape index (κ2) is 5.49. The van der Waals surface area contributed by atoms with Crippen molar-refractivity contribution in [3.8, 4) is 0 Å². The van der Waals surface area contributed by atoms with E-state index in [1.165, 1.54) is 21.3 Å². The molecule has 12 nitrogen and oxygen atoms in total. The predicted molar refractivity (Wildman–Crippen MR) is 59.0 cm³/mol. The smallest absolute Gasteiger partial charge is 0.369 e. The molecule has 0 radical (unpaired) electrons. The monoisotopic (exact) mass is 424 g/mol. The van der Waals surface area contributed by atoms with Crippen LogP contribution in [0.4, 0.5) is 9.59 Å². The van der Waals surface area contributed by atoms with Gasteiger partial charge in [0.2, 0.25) is 0 Å². The van der Waals surface area contributed by atoms with Gasteiger partial charge in [-0.1, -0.05) is 0 Å². The van der Waals surface area contributed by atoms with Crippen molar-refractivity contribution in [1.82, 2.24) is 21.3 Å². The summed E-state index contributed by atoms with van der Waals surface area (Å²) in [6, 6.07) is -2.64. The summed E-state index contributed by atoms with van der Waals surface area (Å²) < 4.78 is 0. The molecule has 2 aliphatic rings. The van der Waals surface area contributed by atoms with E-state index in [1.54, 1.807) is 0 Å². The van der Waals surface area contributed by atoms with Gasteiger partial charge in [0, 0.05) is 0 Å². The molecular weight excluding hydrogens is 417 g/mol. The molecule has 0 bridgehead atoms. The zero-order valence-electron chi connectivity index (χ0n) is 10.1. The van der Waals surface area contributed by atoms with Crippen molar-refractivity contribution in [3.63, 3.8) is 0 Å². The summed E-state index contributed by atoms with van der Waals surface area (Å²) in [6.07, 6.45) is 0. The molecule has 2 aliphatic heterocycles. The largest absolute Gasteiger partial charge is 2.00 e. The number of hydrogen-bond donors (Lipinski definition) is 6. The molecule has 0 aromatic heterocycles. The third-order valence-corrected chi connectivity index (χ3v) is 2.75. The average Bonchev–Trinajstić information content (AvgIpc) is 2.32. The second-order valence-electron chi connectivity index (χ2n) is 3.90. The van der Waals surface area contributed by atoms with Crippen LogP contribution in [0.1, 0.15) is 0 Å². The van der Waals surface area contributed by atoms with Crippen molar-refractivity contribution in [2.45, 2.75) is 11.2 Å². The summed E-state index contributed by atoms with van der Waals surface area (Å²) >= 11 is 0. The zero-order chi connectivity index (χ0) is 15.3. The Morgan fingerprint density at radius 1 is 0.571 bits per heavy atom. The Morgan fingerprint density at radius 3 is 0.952 bits per heavy atom. The minimum absolute atomic E-state index is 0. The fraction of sp³-hybridized carbons (Fsp3) is 0.250. The van der Waals surface area contributed by atoms with Crippen LogP contribution in [0.25, 0.3) is 0 Å². The van der Waals surface area contributed by atoms with Gasteiger partial charge in [0.15, 0.2) is 0 Å². The Labute approximate surface area is 155 Å². The van der Waals surface area contributed by atoms with Crippen molar-refractivity contribution in [3.05, 3.63) is 0 Å². The van der Waals surface area contributed by atoms with Crippen molar-refractivity contribution in [2.24, 2.45) is 0 Å². The number of aliphatic hydroxyl groups is 2. The van der Waals surface area contributed by atoms with E-state index in [9.17, 15) is 39.0 Å². The number of nitrogens with one attached hydrogen (secondary N) is 4. The van der Waals surface area contributed by atoms with Crippen LogP contribution >= 0.6 is 0 Å². The fourth-order valence-corrected chi connectivity index (χ4v) is 1.70. The zero-order valence-corrected chi connectivity index (χ0v) is 14.5. The maximum absolute atomic E-state index is 11.6. The minimum Gasteiger partial charge on any atom is -0.369 e. The van der Waals surface area contributed by atoms with Gasteiger partial charge in [0.1, 0.15) is 0 Å². The molecule has 2 heterocycles. The third kappa shape index (κ3) is 2.30. The minimum atomic E-state index is -3.63. The molecule has 0 saturated carbocycles. The van der Waals surface area contributed by atoms with Crippen LogP contribution in [0.15, 0.2) is 0 Å². The van der Waals surface area contributed by atoms with E-state index in [4.69, 9.17) is 0 Å². The summed E-state index contributed by atoms with van der Waals surface area (Å²) in [7, 11) is 0. The van der Waals surface area contributed by atoms with E-state index in [-0.39, 0.29) is 48.9 Å². The summed E-state index contributed by atoms with van der Waals surface area (Å²) in [5.74, 6) is -7.19. The maximum Gasteiger partial charge on any atom is 2.00 e. The van der Waals surface area contributed by atoms with Gasteiger partial charge in [0.05, 0.1) is 0 Å². The molecule has 8 amide bonds. The molecule has 21 heavy (non-hydrogen) atoms. The summed E-state index contributed by atoms with van der Waals surface area (Å²) in [5, 5.41) is 25.6. The summed E-state index contributed by atoms with van der Waals surface area (Å²) in [6.45, 7) is 0. The Bertz CT molecular complexity index is 509. The molecule has 2 saturated heterocycles. The van der Waals surface area contributed by atoms with Crippen LogP contribution in [-0.4, -0.2) is 106 Å². The molecular formula is C8H6BaN4O8+2. The first-order valence-electron chi connectivity index (χ1n) is 4.92. The van der Waals surface area contributed by atoms with Crippen LogP contribution in [0.3, 0.4) is 0 Å². The van der Waals surface area contributed by atoms with E-state index < -0.39 is 46.9 Å². The molecule has 0 unspecified atom stereocenters. The van der Waals surface area contributed by atoms with Gasteiger partial charge in [-0.25, -0.2) is 9.59 Å². The van der Waals surface area contributed by atoms with Gasteiger partial charge in [-0.3, -0.25) is 40.4 Å². The summed E-state index contributed by atoms with van der Waals surface area (Å²) in [4.78, 5) is 68.0. The normalized spacial score (nSPS) is 23.3. The Morgan fingerprint density at radius 2 is 0.762 bits per heavy atom. The van der Waals surface area contributed by atoms with Crippen LogP contribution in [0.5, 0.6) is 0 Å². The van der Waals surface area contributed by atoms with E-state index in [2.05, 4.69) is 0 Å². The van der Waals surface area contributed by atoms with Gasteiger partial charge >= 0.3 is 60.9 Å². The average molecular weight is 423 g/mol. The number of imide groups is 4. The standard InChI is InChI=1S/C8H6N4O8.Ba/c13-1-7(19,2(14)10-5(17)9-1)8(20)3(15)11-6(18)12-4(8)16;/h19-20H,(H2,9,10,13,14,17)(H2,11,12,15,16,18);/q;+2. The fourth-order valence-electron chi connectivity index (χ4n) is 1.70. The number of rotatable bonds is 1. The number of amides is 8. The number of carbonyl (C=O) groups is 6. The Hall–Kier alpha value is -1.29. The van der Waals surface area contributed by atoms with Gasteiger partial charge in [-0.05, 0) is 0 Å². The quantitative estimate of drug-likeness (QED) is 0.178. The van der Waals surface area contributed by atoms with Crippen LogP contribution in [0, 0.1) is 0 Å². The number of barbiturate groups is 2. The van der Waals surface area contributed by atoms with E-state index in [1.807, 2.05) is 0 Å². The first kappa shape index (κ1) is 17.8. The van der Waals surface area contributed by atoms with Gasteiger partial charge in [0.25, 0.3) is 34.8 Å². The molecule has 0 aliphatic carbocycles. The molecule has 106 valence electrons. The van der Waals surface area contributed by atoms with Crippen LogP contribution in [0.2, 0.25) is 0 Å². The Balaban J connectivity index is 0.00000220. The predicted octanol–water partition coefficient (Wildman–Crippen LogP) is -5.20. The van der Waals surface area contributed by atoms with Crippen molar-refractivity contribution < 1.29 is 39.0 Å². The molecule has 2 rings (SSSR count). The van der Waals surface area contributed by atoms with Gasteiger partial charge in [-0.15, -0.1) is 0 Å². The topological polar surface area (TPSA) is 191 Å². The van der Waals surface area contributed by atoms with E-state index in [0.717, 1.165) is 0 Å². The molecule has 0 atom stereocenters. The summed E-state index contributed by atoms with van der Waals surface area (Å²) in [5.41, 5.74) is -7.26. The molecule has 6 N–H and O–H groups in total. The first-order chi connectivity index (χ1) is 9.13.